The summed E-state index contributed by atoms with van der Waals surface area (Å²) in [5.74, 6) is 1.77. The Balaban J connectivity index is 1.96. The second kappa shape index (κ2) is 6.46. The third-order valence-corrected chi connectivity index (χ3v) is 4.14. The van der Waals surface area contributed by atoms with Gasteiger partial charge in [0.15, 0.2) is 5.11 Å². The molecule has 0 aliphatic carbocycles. The molecule has 5 nitrogen and oxygen atoms in total. The molecule has 0 amide bonds. The summed E-state index contributed by atoms with van der Waals surface area (Å²) in [5.41, 5.74) is 0.948. The van der Waals surface area contributed by atoms with Gasteiger partial charge in [-0.15, -0.1) is 0 Å². The summed E-state index contributed by atoms with van der Waals surface area (Å²) >= 11 is 5.50. The zero-order valence-electron chi connectivity index (χ0n) is 12.7. The normalized spacial score (nSPS) is 21.2. The standard InChI is InChI=1S/C16H19N3O2S/c1-11-6-7-13(21-11)15-14(12-5-3-4-8-17-12)18-16(22)19(15)9-10-20-2/h3-8,14-15H,9-10H2,1-2H3,(H,18,22)/t14-,15+/m1/s1. The molecular weight excluding hydrogens is 298 g/mol. The highest BCUT2D eigenvalue weighted by atomic mass is 32.1. The predicted molar refractivity (Wildman–Crippen MR) is 87.5 cm³/mol. The van der Waals surface area contributed by atoms with E-state index in [-0.39, 0.29) is 12.1 Å². The van der Waals surface area contributed by atoms with E-state index < -0.39 is 0 Å². The molecule has 1 fully saturated rings. The molecule has 3 rings (SSSR count). The maximum Gasteiger partial charge on any atom is 0.170 e. The molecule has 0 spiro atoms. The first-order valence-electron chi connectivity index (χ1n) is 7.24. The molecule has 0 unspecified atom stereocenters. The molecule has 2 aromatic heterocycles. The lowest BCUT2D eigenvalue weighted by atomic mass is 10.0. The van der Waals surface area contributed by atoms with Crippen LogP contribution in [0.2, 0.25) is 0 Å². The summed E-state index contributed by atoms with van der Waals surface area (Å²) < 4.78 is 11.1. The quantitative estimate of drug-likeness (QED) is 0.856. The average molecular weight is 317 g/mol. The number of nitrogens with one attached hydrogen (secondary N) is 1. The van der Waals surface area contributed by atoms with Gasteiger partial charge in [0, 0.05) is 19.9 Å². The fourth-order valence-electron chi connectivity index (χ4n) is 2.76. The van der Waals surface area contributed by atoms with Crippen LogP contribution in [-0.4, -0.2) is 35.3 Å². The van der Waals surface area contributed by atoms with Crippen LogP contribution in [0.1, 0.15) is 29.3 Å². The van der Waals surface area contributed by atoms with Crippen molar-refractivity contribution >= 4 is 17.3 Å². The van der Waals surface area contributed by atoms with Gasteiger partial charge in [-0.1, -0.05) is 6.07 Å². The fraction of sp³-hybridized carbons (Fsp3) is 0.375. The highest BCUT2D eigenvalue weighted by Crippen LogP contribution is 2.38. The first-order chi connectivity index (χ1) is 10.7. The van der Waals surface area contributed by atoms with Crippen molar-refractivity contribution in [2.45, 2.75) is 19.0 Å². The van der Waals surface area contributed by atoms with Crippen LogP contribution in [0, 0.1) is 6.92 Å². The number of hydrogen-bond donors (Lipinski definition) is 1. The number of aromatic nitrogens is 1. The van der Waals surface area contributed by atoms with Crippen molar-refractivity contribution in [1.82, 2.24) is 15.2 Å². The molecular formula is C16H19N3O2S. The first kappa shape index (κ1) is 15.0. The molecule has 1 aliphatic rings. The Morgan fingerprint density at radius 2 is 2.23 bits per heavy atom. The molecule has 116 valence electrons. The number of nitrogens with zero attached hydrogens (tertiary/aromatic N) is 2. The molecule has 0 aromatic carbocycles. The lowest BCUT2D eigenvalue weighted by molar-refractivity contribution is 0.158. The van der Waals surface area contributed by atoms with Crippen LogP contribution in [0.4, 0.5) is 0 Å². The van der Waals surface area contributed by atoms with E-state index in [4.69, 9.17) is 21.4 Å². The van der Waals surface area contributed by atoms with E-state index >= 15 is 0 Å². The molecule has 3 heterocycles. The molecule has 0 bridgehead atoms. The van der Waals surface area contributed by atoms with Crippen molar-refractivity contribution in [2.24, 2.45) is 0 Å². The molecule has 2 atom stereocenters. The number of methoxy groups -OCH3 is 1. The number of furan rings is 1. The van der Waals surface area contributed by atoms with Gasteiger partial charge in [0.05, 0.1) is 18.3 Å². The van der Waals surface area contributed by atoms with Gasteiger partial charge in [-0.3, -0.25) is 4.98 Å². The van der Waals surface area contributed by atoms with Gasteiger partial charge in [-0.25, -0.2) is 0 Å². The van der Waals surface area contributed by atoms with E-state index in [1.54, 1.807) is 13.3 Å². The number of aryl methyl sites for hydroxylation is 1. The van der Waals surface area contributed by atoms with Gasteiger partial charge < -0.3 is 19.4 Å². The van der Waals surface area contributed by atoms with Crippen LogP contribution in [0.25, 0.3) is 0 Å². The topological polar surface area (TPSA) is 50.5 Å². The van der Waals surface area contributed by atoms with E-state index in [1.165, 1.54) is 0 Å². The van der Waals surface area contributed by atoms with Crippen LogP contribution in [0.5, 0.6) is 0 Å². The van der Waals surface area contributed by atoms with E-state index in [9.17, 15) is 0 Å². The minimum absolute atomic E-state index is 0.0220. The molecule has 2 aromatic rings. The zero-order valence-corrected chi connectivity index (χ0v) is 13.5. The van der Waals surface area contributed by atoms with E-state index in [2.05, 4.69) is 15.2 Å². The monoisotopic (exact) mass is 317 g/mol. The van der Waals surface area contributed by atoms with Crippen molar-refractivity contribution in [2.75, 3.05) is 20.3 Å². The minimum atomic E-state index is -0.0314. The maximum atomic E-state index is 5.87. The Hall–Kier alpha value is -1.92. The molecule has 22 heavy (non-hydrogen) atoms. The molecule has 0 saturated carbocycles. The molecule has 1 N–H and O–H groups in total. The molecule has 1 aliphatic heterocycles. The van der Waals surface area contributed by atoms with Crippen LogP contribution >= 0.6 is 12.2 Å². The Morgan fingerprint density at radius 1 is 1.36 bits per heavy atom. The number of pyridine rings is 1. The van der Waals surface area contributed by atoms with Crippen LogP contribution in [0.3, 0.4) is 0 Å². The van der Waals surface area contributed by atoms with Crippen molar-refractivity contribution in [3.8, 4) is 0 Å². The highest BCUT2D eigenvalue weighted by molar-refractivity contribution is 7.80. The fourth-order valence-corrected chi connectivity index (χ4v) is 3.09. The van der Waals surface area contributed by atoms with Crippen molar-refractivity contribution in [3.63, 3.8) is 0 Å². The third-order valence-electron chi connectivity index (χ3n) is 3.79. The van der Waals surface area contributed by atoms with Crippen molar-refractivity contribution < 1.29 is 9.15 Å². The largest absolute Gasteiger partial charge is 0.464 e. The number of thiocarbonyl (C=S) groups is 1. The number of ether oxygens (including phenoxy) is 1. The van der Waals surface area contributed by atoms with Gasteiger partial charge >= 0.3 is 0 Å². The van der Waals surface area contributed by atoms with Crippen molar-refractivity contribution in [1.29, 1.82) is 0 Å². The van der Waals surface area contributed by atoms with Gasteiger partial charge in [-0.05, 0) is 43.4 Å². The lowest BCUT2D eigenvalue weighted by Crippen LogP contribution is -2.32. The summed E-state index contributed by atoms with van der Waals surface area (Å²) in [4.78, 5) is 6.58. The lowest BCUT2D eigenvalue weighted by Gasteiger charge is -2.25. The first-order valence-corrected chi connectivity index (χ1v) is 7.65. The zero-order chi connectivity index (χ0) is 15.5. The van der Waals surface area contributed by atoms with Crippen LogP contribution in [0.15, 0.2) is 40.9 Å². The second-order valence-electron chi connectivity index (χ2n) is 5.26. The highest BCUT2D eigenvalue weighted by Gasteiger charge is 2.41. The van der Waals surface area contributed by atoms with E-state index in [1.807, 2.05) is 37.3 Å². The second-order valence-corrected chi connectivity index (χ2v) is 5.65. The van der Waals surface area contributed by atoms with Gasteiger partial charge in [-0.2, -0.15) is 0 Å². The Morgan fingerprint density at radius 3 is 2.86 bits per heavy atom. The summed E-state index contributed by atoms with van der Waals surface area (Å²) in [6.07, 6.45) is 1.79. The van der Waals surface area contributed by atoms with Gasteiger partial charge in [0.25, 0.3) is 0 Å². The van der Waals surface area contributed by atoms with E-state index in [0.29, 0.717) is 18.3 Å². The SMILES string of the molecule is COCCN1C(=S)N[C@H](c2ccccn2)[C@@H]1c1ccc(C)o1. The Labute approximate surface area is 135 Å². The van der Waals surface area contributed by atoms with Gasteiger partial charge in [0.2, 0.25) is 0 Å². The number of rotatable bonds is 5. The van der Waals surface area contributed by atoms with Crippen LogP contribution in [-0.2, 0) is 4.74 Å². The minimum Gasteiger partial charge on any atom is -0.464 e. The van der Waals surface area contributed by atoms with Crippen molar-refractivity contribution in [3.05, 3.63) is 53.7 Å². The summed E-state index contributed by atoms with van der Waals surface area (Å²) in [6, 6.07) is 9.82. The third kappa shape index (κ3) is 2.84. The smallest absolute Gasteiger partial charge is 0.170 e. The molecule has 6 heteroatoms. The summed E-state index contributed by atoms with van der Waals surface area (Å²) in [7, 11) is 1.69. The molecule has 0 radical (unpaired) electrons. The summed E-state index contributed by atoms with van der Waals surface area (Å²) in [5, 5.41) is 4.07. The van der Waals surface area contributed by atoms with E-state index in [0.717, 1.165) is 17.2 Å². The average Bonchev–Trinajstić information content (AvgIpc) is 3.09. The van der Waals surface area contributed by atoms with Gasteiger partial charge in [0.1, 0.15) is 17.6 Å². The number of hydrogen-bond acceptors (Lipinski definition) is 4. The summed E-state index contributed by atoms with van der Waals surface area (Å²) in [6.45, 7) is 3.25. The molecule has 1 saturated heterocycles. The predicted octanol–water partition coefficient (Wildman–Crippen LogP) is 2.60. The maximum absolute atomic E-state index is 5.87. The van der Waals surface area contributed by atoms with Crippen LogP contribution < -0.4 is 5.32 Å². The Bertz CT molecular complexity index is 644. The Kier molecular flexibility index (Phi) is 4.40.